The van der Waals surface area contributed by atoms with Crippen LogP contribution >= 0.6 is 0 Å². The summed E-state index contributed by atoms with van der Waals surface area (Å²) in [6.45, 7) is 0.302. The number of carboxylic acid groups (broad SMARTS) is 1. The quantitative estimate of drug-likeness (QED) is 0.638. The van der Waals surface area contributed by atoms with E-state index >= 15 is 0 Å². The SMILES string of the molecule is O=C1CCC(N2C(=O)c3cccc(NCc4ccc(C(=O)O)cc4)c3C2=O)C(=O)N1. The fourth-order valence-corrected chi connectivity index (χ4v) is 3.62. The van der Waals surface area contributed by atoms with Crippen LogP contribution in [0, 0.1) is 0 Å². The van der Waals surface area contributed by atoms with Gasteiger partial charge in [-0.3, -0.25) is 29.4 Å². The van der Waals surface area contributed by atoms with Crippen molar-refractivity contribution in [1.29, 1.82) is 0 Å². The molecule has 9 heteroatoms. The minimum atomic E-state index is -1.02. The molecule has 2 aliphatic rings. The summed E-state index contributed by atoms with van der Waals surface area (Å²) in [5.41, 5.74) is 1.75. The Bertz CT molecular complexity index is 1090. The van der Waals surface area contributed by atoms with Crippen LogP contribution in [0.25, 0.3) is 0 Å². The van der Waals surface area contributed by atoms with Gasteiger partial charge < -0.3 is 10.4 Å². The summed E-state index contributed by atoms with van der Waals surface area (Å²) in [5, 5.41) is 14.2. The van der Waals surface area contributed by atoms with Crippen molar-refractivity contribution in [1.82, 2.24) is 10.2 Å². The standard InChI is InChI=1S/C21H17N3O6/c25-16-9-8-15(18(26)23-16)24-19(27)13-2-1-3-14(17(13)20(24)28)22-10-11-4-6-12(7-5-11)21(29)30/h1-7,15,22H,8-10H2,(H,29,30)(H,23,25,26). The van der Waals surface area contributed by atoms with Crippen molar-refractivity contribution in [3.63, 3.8) is 0 Å². The van der Waals surface area contributed by atoms with Gasteiger partial charge in [-0.1, -0.05) is 18.2 Å². The third-order valence-electron chi connectivity index (χ3n) is 5.15. The third kappa shape index (κ3) is 3.30. The van der Waals surface area contributed by atoms with Crippen molar-refractivity contribution in [3.05, 3.63) is 64.7 Å². The number of benzene rings is 2. The van der Waals surface area contributed by atoms with Crippen LogP contribution in [0.4, 0.5) is 5.69 Å². The number of imide groups is 2. The zero-order chi connectivity index (χ0) is 21.4. The molecule has 0 saturated carbocycles. The molecule has 0 aliphatic carbocycles. The van der Waals surface area contributed by atoms with E-state index in [-0.39, 0.29) is 29.5 Å². The van der Waals surface area contributed by atoms with E-state index in [9.17, 15) is 24.0 Å². The molecular weight excluding hydrogens is 390 g/mol. The number of nitrogens with one attached hydrogen (secondary N) is 2. The molecule has 152 valence electrons. The number of rotatable bonds is 5. The van der Waals surface area contributed by atoms with Gasteiger partial charge in [-0.05, 0) is 36.2 Å². The Labute approximate surface area is 170 Å². The molecule has 1 fully saturated rings. The van der Waals surface area contributed by atoms with Crippen molar-refractivity contribution in [3.8, 4) is 0 Å². The molecule has 2 aromatic carbocycles. The number of aromatic carboxylic acids is 1. The zero-order valence-corrected chi connectivity index (χ0v) is 15.7. The molecule has 0 radical (unpaired) electrons. The van der Waals surface area contributed by atoms with Crippen LogP contribution in [-0.2, 0) is 16.1 Å². The molecule has 1 atom stereocenters. The second-order valence-corrected chi connectivity index (χ2v) is 7.03. The Morgan fingerprint density at radius 2 is 1.80 bits per heavy atom. The van der Waals surface area contributed by atoms with Crippen molar-refractivity contribution in [2.75, 3.05) is 5.32 Å². The lowest BCUT2D eigenvalue weighted by Crippen LogP contribution is -2.54. The average molecular weight is 407 g/mol. The first kappa shape index (κ1) is 19.3. The van der Waals surface area contributed by atoms with E-state index in [1.54, 1.807) is 24.3 Å². The third-order valence-corrected chi connectivity index (χ3v) is 5.15. The Morgan fingerprint density at radius 3 is 2.47 bits per heavy atom. The predicted molar refractivity (Wildman–Crippen MR) is 104 cm³/mol. The van der Waals surface area contributed by atoms with Gasteiger partial charge in [0.25, 0.3) is 11.8 Å². The number of anilines is 1. The van der Waals surface area contributed by atoms with Crippen molar-refractivity contribution in [2.45, 2.75) is 25.4 Å². The molecule has 1 saturated heterocycles. The maximum atomic E-state index is 13.0. The summed E-state index contributed by atoms with van der Waals surface area (Å²) in [5.74, 6) is -3.27. The van der Waals surface area contributed by atoms with Gasteiger partial charge in [0, 0.05) is 18.7 Å². The van der Waals surface area contributed by atoms with Crippen LogP contribution in [0.1, 0.15) is 49.5 Å². The van der Waals surface area contributed by atoms with Crippen LogP contribution in [0.2, 0.25) is 0 Å². The van der Waals surface area contributed by atoms with Gasteiger partial charge in [0.2, 0.25) is 11.8 Å². The van der Waals surface area contributed by atoms with E-state index in [0.717, 1.165) is 10.5 Å². The molecule has 3 N–H and O–H groups in total. The number of hydrogen-bond acceptors (Lipinski definition) is 6. The van der Waals surface area contributed by atoms with E-state index < -0.39 is 35.6 Å². The van der Waals surface area contributed by atoms with Crippen LogP contribution in [0.3, 0.4) is 0 Å². The van der Waals surface area contributed by atoms with Gasteiger partial charge in [0.15, 0.2) is 0 Å². The fraction of sp³-hybridized carbons (Fsp3) is 0.190. The molecule has 0 spiro atoms. The minimum absolute atomic E-state index is 0.0568. The van der Waals surface area contributed by atoms with E-state index in [1.807, 2.05) is 0 Å². The maximum Gasteiger partial charge on any atom is 0.335 e. The maximum absolute atomic E-state index is 13.0. The summed E-state index contributed by atoms with van der Waals surface area (Å²) in [4.78, 5) is 61.3. The molecule has 4 rings (SSSR count). The van der Waals surface area contributed by atoms with E-state index in [2.05, 4.69) is 10.6 Å². The predicted octanol–water partition coefficient (Wildman–Crippen LogP) is 1.40. The monoisotopic (exact) mass is 407 g/mol. The van der Waals surface area contributed by atoms with E-state index in [0.29, 0.717) is 12.2 Å². The van der Waals surface area contributed by atoms with E-state index in [4.69, 9.17) is 5.11 Å². The van der Waals surface area contributed by atoms with Gasteiger partial charge in [0.05, 0.1) is 16.7 Å². The second-order valence-electron chi connectivity index (χ2n) is 7.03. The number of carboxylic acids is 1. The van der Waals surface area contributed by atoms with Crippen molar-refractivity contribution in [2.24, 2.45) is 0 Å². The topological polar surface area (TPSA) is 133 Å². The number of fused-ring (bicyclic) bond motifs is 1. The summed E-state index contributed by atoms with van der Waals surface area (Å²) in [6.07, 6.45) is 0.149. The van der Waals surface area contributed by atoms with Gasteiger partial charge in [-0.15, -0.1) is 0 Å². The molecule has 2 aromatic rings. The summed E-state index contributed by atoms with van der Waals surface area (Å²) in [6, 6.07) is 10.1. The van der Waals surface area contributed by atoms with Gasteiger partial charge in [-0.2, -0.15) is 0 Å². The van der Waals surface area contributed by atoms with Crippen LogP contribution < -0.4 is 10.6 Å². The van der Waals surface area contributed by atoms with Crippen LogP contribution in [0.15, 0.2) is 42.5 Å². The number of nitrogens with zero attached hydrogens (tertiary/aromatic N) is 1. The first-order valence-electron chi connectivity index (χ1n) is 9.27. The number of amides is 4. The molecule has 2 aliphatic heterocycles. The molecule has 2 heterocycles. The summed E-state index contributed by atoms with van der Waals surface area (Å²) < 4.78 is 0. The molecule has 0 aromatic heterocycles. The number of hydrogen-bond donors (Lipinski definition) is 3. The van der Waals surface area contributed by atoms with Crippen LogP contribution in [0.5, 0.6) is 0 Å². The highest BCUT2D eigenvalue weighted by molar-refractivity contribution is 6.25. The molecule has 1 unspecified atom stereocenters. The average Bonchev–Trinajstić information content (AvgIpc) is 2.98. The molecular formula is C21H17N3O6. The van der Waals surface area contributed by atoms with E-state index in [1.165, 1.54) is 18.2 Å². The first-order valence-corrected chi connectivity index (χ1v) is 9.27. The Morgan fingerprint density at radius 1 is 1.07 bits per heavy atom. The van der Waals surface area contributed by atoms with Crippen molar-refractivity contribution >= 4 is 35.3 Å². The lowest BCUT2D eigenvalue weighted by Gasteiger charge is -2.27. The zero-order valence-electron chi connectivity index (χ0n) is 15.7. The summed E-state index contributed by atoms with van der Waals surface area (Å²) >= 11 is 0. The largest absolute Gasteiger partial charge is 0.478 e. The molecule has 30 heavy (non-hydrogen) atoms. The highest BCUT2D eigenvalue weighted by Gasteiger charge is 2.45. The minimum Gasteiger partial charge on any atom is -0.478 e. The normalized spacial score (nSPS) is 18.3. The lowest BCUT2D eigenvalue weighted by atomic mass is 10.0. The molecule has 4 amide bonds. The number of carbonyl (C=O) groups excluding carboxylic acids is 4. The smallest absolute Gasteiger partial charge is 0.335 e. The molecule has 9 nitrogen and oxygen atoms in total. The first-order chi connectivity index (χ1) is 14.4. The number of carbonyl (C=O) groups is 5. The number of piperidine rings is 1. The highest BCUT2D eigenvalue weighted by Crippen LogP contribution is 2.32. The Balaban J connectivity index is 1.56. The van der Waals surface area contributed by atoms with Crippen molar-refractivity contribution < 1.29 is 29.1 Å². The van der Waals surface area contributed by atoms with Gasteiger partial charge in [0.1, 0.15) is 6.04 Å². The van der Waals surface area contributed by atoms with Crippen LogP contribution in [-0.4, -0.2) is 45.6 Å². The summed E-state index contributed by atoms with van der Waals surface area (Å²) in [7, 11) is 0. The second kappa shape index (κ2) is 7.43. The van der Waals surface area contributed by atoms with Gasteiger partial charge in [-0.25, -0.2) is 4.79 Å². The highest BCUT2D eigenvalue weighted by atomic mass is 16.4. The molecule has 0 bridgehead atoms. The lowest BCUT2D eigenvalue weighted by molar-refractivity contribution is -0.136. The van der Waals surface area contributed by atoms with Gasteiger partial charge >= 0.3 is 5.97 Å². The fourth-order valence-electron chi connectivity index (χ4n) is 3.62. The Kier molecular flexibility index (Phi) is 4.78. The Hall–Kier alpha value is -4.01.